The smallest absolute Gasteiger partial charge is 0.253 e. The number of nitrogens with zero attached hydrogens (tertiary/aromatic N) is 5. The second-order valence-corrected chi connectivity index (χ2v) is 22.2. The molecule has 1 aromatic heterocycles. The average Bonchev–Trinajstić information content (AvgIpc) is 3.47. The van der Waals surface area contributed by atoms with Crippen LogP contribution >= 0.6 is 0 Å². The first-order valence-corrected chi connectivity index (χ1v) is 30.5. The predicted octanol–water partition coefficient (Wildman–Crippen LogP) is 15.2. The van der Waals surface area contributed by atoms with Crippen molar-refractivity contribution in [1.29, 1.82) is 0 Å². The zero-order valence-corrected chi connectivity index (χ0v) is 54.1. The molecule has 0 saturated carbocycles. The maximum absolute atomic E-state index is 13.2. The molecule has 2 aliphatic heterocycles. The van der Waals surface area contributed by atoms with Gasteiger partial charge in [0.2, 0.25) is 11.8 Å². The number of pyridine rings is 1. The first-order valence-electron chi connectivity index (χ1n) is 30.5. The van der Waals surface area contributed by atoms with Crippen LogP contribution in [0.4, 0.5) is 11.5 Å². The quantitative estimate of drug-likeness (QED) is 0.0409. The summed E-state index contributed by atoms with van der Waals surface area (Å²) in [5, 5.41) is 2.25. The number of carbonyl (C=O) groups is 4. The van der Waals surface area contributed by atoms with Crippen LogP contribution in [0.5, 0.6) is 0 Å². The Morgan fingerprint density at radius 1 is 0.914 bits per heavy atom. The van der Waals surface area contributed by atoms with E-state index in [4.69, 9.17) is 15.3 Å². The van der Waals surface area contributed by atoms with E-state index < -0.39 is 0 Å². The summed E-state index contributed by atoms with van der Waals surface area (Å²) >= 11 is 0. The van der Waals surface area contributed by atoms with Gasteiger partial charge < -0.3 is 25.1 Å². The van der Waals surface area contributed by atoms with E-state index in [1.807, 2.05) is 40.0 Å². The molecular weight excluding hydrogens is 1010 g/mol. The number of ether oxygens (including phenoxy) is 1. The van der Waals surface area contributed by atoms with Gasteiger partial charge in [-0.2, -0.15) is 0 Å². The maximum atomic E-state index is 13.2. The highest BCUT2D eigenvalue weighted by Crippen LogP contribution is 2.30. The van der Waals surface area contributed by atoms with Crippen molar-refractivity contribution in [1.82, 2.24) is 20.1 Å². The molecule has 12 nitrogen and oxygen atoms in total. The van der Waals surface area contributed by atoms with Crippen LogP contribution in [-0.4, -0.2) is 112 Å². The van der Waals surface area contributed by atoms with Crippen LogP contribution in [0.25, 0.3) is 5.57 Å². The minimum absolute atomic E-state index is 0.0164. The van der Waals surface area contributed by atoms with Gasteiger partial charge in [-0.3, -0.25) is 29.6 Å². The number of aromatic nitrogens is 1. The highest BCUT2D eigenvalue weighted by molar-refractivity contribution is 5.98. The maximum Gasteiger partial charge on any atom is 0.253 e. The van der Waals surface area contributed by atoms with Crippen molar-refractivity contribution < 1.29 is 23.9 Å². The Balaban J connectivity index is 0.00000116. The van der Waals surface area contributed by atoms with Gasteiger partial charge in [0.05, 0.1) is 6.61 Å². The van der Waals surface area contributed by atoms with Gasteiger partial charge in [-0.05, 0) is 167 Å². The molecule has 12 heteroatoms. The van der Waals surface area contributed by atoms with Crippen molar-refractivity contribution in [2.45, 2.75) is 186 Å². The van der Waals surface area contributed by atoms with Crippen molar-refractivity contribution in [3.63, 3.8) is 0 Å². The number of likely N-dealkylation sites (tertiary alicyclic amines) is 1. The fourth-order valence-electron chi connectivity index (χ4n) is 9.48. The van der Waals surface area contributed by atoms with Crippen LogP contribution < -0.4 is 16.0 Å². The van der Waals surface area contributed by atoms with E-state index >= 15 is 0 Å². The first kappa shape index (κ1) is 75.3. The van der Waals surface area contributed by atoms with Crippen molar-refractivity contribution in [3.05, 3.63) is 118 Å². The Morgan fingerprint density at radius 2 is 1.53 bits per heavy atom. The summed E-state index contributed by atoms with van der Waals surface area (Å²) in [6.07, 6.45) is 21.3. The Labute approximate surface area is 494 Å². The van der Waals surface area contributed by atoms with Gasteiger partial charge in [-0.25, -0.2) is 4.98 Å². The van der Waals surface area contributed by atoms with Crippen molar-refractivity contribution in [3.8, 4) is 0 Å². The molecule has 2 aromatic carbocycles. The van der Waals surface area contributed by atoms with Gasteiger partial charge in [0.25, 0.3) is 5.91 Å². The molecular formula is C69H113N7O5. The minimum Gasteiger partial charge on any atom is -0.384 e. The summed E-state index contributed by atoms with van der Waals surface area (Å²) < 4.78 is 5.54. The summed E-state index contributed by atoms with van der Waals surface area (Å²) in [6.45, 7) is 38.5. The van der Waals surface area contributed by atoms with Gasteiger partial charge >= 0.3 is 0 Å². The lowest BCUT2D eigenvalue weighted by Crippen LogP contribution is -2.45. The number of methoxy groups -OCH3 is 1. The van der Waals surface area contributed by atoms with E-state index in [1.54, 1.807) is 25.5 Å². The number of anilines is 2. The second-order valence-electron chi connectivity index (χ2n) is 22.2. The molecule has 3 aromatic rings. The van der Waals surface area contributed by atoms with Gasteiger partial charge in [-0.1, -0.05) is 138 Å². The first-order chi connectivity index (χ1) is 38.6. The number of imide groups is 1. The summed E-state index contributed by atoms with van der Waals surface area (Å²) in [4.78, 5) is 58.2. The fraction of sp³-hybridized carbons (Fsp3) is 0.594. The SMILES string of the molecule is C=C(/C=C(\C)C(C)C)/C(=C\C=NC)c1ccc(N)nc1.CC.CC1CCC(=O)NC1=O.CC=O.CCCC(CCC(C)C)c1ccc(C(=O)N2CCC(CN(CCC)C(CCC)COC)CC2)cc1.CCc1ccc(C)c(N(C)C)c1. The summed E-state index contributed by atoms with van der Waals surface area (Å²) in [7, 11) is 7.73. The molecule has 0 radical (unpaired) electrons. The van der Waals surface area contributed by atoms with Crippen LogP contribution in [-0.2, 0) is 25.5 Å². The Hall–Kier alpha value is -5.72. The van der Waals surface area contributed by atoms with Gasteiger partial charge in [0.15, 0.2) is 0 Å². The third-order valence-corrected chi connectivity index (χ3v) is 14.6. The van der Waals surface area contributed by atoms with E-state index in [9.17, 15) is 14.4 Å². The number of aldehydes is 1. The zero-order valence-electron chi connectivity index (χ0n) is 54.1. The number of hydrogen-bond acceptors (Lipinski definition) is 10. The molecule has 2 aliphatic rings. The second kappa shape index (κ2) is 43.9. The number of benzene rings is 2. The highest BCUT2D eigenvalue weighted by atomic mass is 16.5. The monoisotopic (exact) mass is 1120 g/mol. The standard InChI is InChI=1S/C31H54N2O2.C17H23N3.C11H17N.C6H9NO2.C2H4O.C2H6/c1-7-10-27(13-12-25(4)5)28-14-16-29(17-15-28)31(34)32-21-18-26(19-22-32)23-33(20-9-3)30(11-8-2)24-35-6;1-12(2)13(3)10-14(4)16(8-9-19-5)15-6-7-17(18)20-11-15;1-5-10-7-6-9(2)11(8-10)12(3)4;1-4-2-3-5(8)7-6(4)9;1-2-3;1-2/h14-17,25-27,30H,7-13,18-24H2,1-6H3;6-12H,4H2,1-3,5H3,(H2,18,20);6-8H,5H2,1-4H3;4H,2-3H2,1H3,(H,7,8,9);2H,1H3;1-2H3/b;13-10+,16-8+,19-9?;;;;. The van der Waals surface area contributed by atoms with Gasteiger partial charge in [-0.15, -0.1) is 0 Å². The third kappa shape index (κ3) is 30.2. The molecule has 3 heterocycles. The number of aliphatic imine (C=N–C) groups is 1. The minimum atomic E-state index is -0.141. The van der Waals surface area contributed by atoms with Crippen molar-refractivity contribution >= 4 is 47.3 Å². The molecule has 3 N–H and O–H groups in total. The normalized spacial score (nSPS) is 15.3. The van der Waals surface area contributed by atoms with Crippen molar-refractivity contribution in [2.75, 3.05) is 71.7 Å². The van der Waals surface area contributed by atoms with Crippen molar-refractivity contribution in [2.24, 2.45) is 28.7 Å². The number of rotatable bonds is 23. The Bertz CT molecular complexity index is 2300. The lowest BCUT2D eigenvalue weighted by Gasteiger charge is -2.38. The average molecular weight is 1120 g/mol. The number of hydrogen-bond donors (Lipinski definition) is 2. The van der Waals surface area contributed by atoms with Crippen LogP contribution in [0.2, 0.25) is 0 Å². The number of nitrogens with two attached hydrogens (primary N) is 1. The largest absolute Gasteiger partial charge is 0.384 e. The summed E-state index contributed by atoms with van der Waals surface area (Å²) in [5.41, 5.74) is 16.2. The molecule has 454 valence electrons. The van der Waals surface area contributed by atoms with Crippen LogP contribution in [0.3, 0.4) is 0 Å². The number of piperidine rings is 2. The van der Waals surface area contributed by atoms with Crippen LogP contribution in [0.15, 0.2) is 95.7 Å². The topological polar surface area (TPSA) is 151 Å². The number of nitrogens with one attached hydrogen (secondary N) is 1. The van der Waals surface area contributed by atoms with Gasteiger partial charge in [0.1, 0.15) is 12.1 Å². The molecule has 3 amide bonds. The fourth-order valence-corrected chi connectivity index (χ4v) is 9.48. The lowest BCUT2D eigenvalue weighted by molar-refractivity contribution is -0.135. The Kier molecular flexibility index (Phi) is 40.8. The van der Waals surface area contributed by atoms with Crippen LogP contribution in [0.1, 0.15) is 199 Å². The molecule has 3 unspecified atom stereocenters. The van der Waals surface area contributed by atoms with Crippen LogP contribution in [0, 0.1) is 30.6 Å². The molecule has 0 spiro atoms. The van der Waals surface area contributed by atoms with E-state index in [2.05, 4.69) is 168 Å². The van der Waals surface area contributed by atoms with E-state index in [0.717, 1.165) is 86.5 Å². The number of carbonyl (C=O) groups excluding carboxylic acids is 4. The number of aryl methyl sites for hydroxylation is 2. The molecule has 2 saturated heterocycles. The Morgan fingerprint density at radius 3 is 2.01 bits per heavy atom. The molecule has 81 heavy (non-hydrogen) atoms. The number of nitrogen functional groups attached to an aromatic ring is 1. The molecule has 0 aliphatic carbocycles. The number of amides is 3. The molecule has 3 atom stereocenters. The predicted molar refractivity (Wildman–Crippen MR) is 348 cm³/mol. The molecule has 2 fully saturated rings. The van der Waals surface area contributed by atoms with E-state index in [1.165, 1.54) is 79.8 Å². The summed E-state index contributed by atoms with van der Waals surface area (Å²) in [6, 6.07) is 19.5. The van der Waals surface area contributed by atoms with E-state index in [-0.39, 0.29) is 23.6 Å². The molecule has 0 bridgehead atoms. The molecule has 5 rings (SSSR count). The zero-order chi connectivity index (χ0) is 61.5. The third-order valence-electron chi connectivity index (χ3n) is 14.6. The van der Waals surface area contributed by atoms with E-state index in [0.29, 0.717) is 42.5 Å². The lowest BCUT2D eigenvalue weighted by atomic mass is 9.87. The number of allylic oxidation sites excluding steroid dienone is 5. The highest BCUT2D eigenvalue weighted by Gasteiger charge is 2.28. The summed E-state index contributed by atoms with van der Waals surface area (Å²) in [5.74, 6) is 2.98. The van der Waals surface area contributed by atoms with Gasteiger partial charge in [0, 0.05) is 95.5 Å².